The van der Waals surface area contributed by atoms with Gasteiger partial charge in [-0.2, -0.15) is 0 Å². The lowest BCUT2D eigenvalue weighted by molar-refractivity contribution is 0.0521. The number of anilines is 1. The molecule has 0 aliphatic carbocycles. The molecule has 114 valence electrons. The molecule has 1 aromatic rings. The number of nitrogens with one attached hydrogen (secondary N) is 1. The molecular formula is C14H18N2O5. The Balaban J connectivity index is 1.97. The zero-order chi connectivity index (χ0) is 15.4. The molecule has 0 unspecified atom stereocenters. The van der Waals surface area contributed by atoms with Gasteiger partial charge in [0.1, 0.15) is 11.3 Å². The van der Waals surface area contributed by atoms with Gasteiger partial charge in [-0.25, -0.2) is 9.59 Å². The average molecular weight is 294 g/mol. The summed E-state index contributed by atoms with van der Waals surface area (Å²) in [6, 6.07) is 3.66. The minimum absolute atomic E-state index is 0.188. The third kappa shape index (κ3) is 3.63. The number of hydrogen-bond acceptors (Lipinski definition) is 4. The van der Waals surface area contributed by atoms with Gasteiger partial charge in [0.15, 0.2) is 0 Å². The number of aromatic carboxylic acids is 1. The molecule has 2 amide bonds. The third-order valence-electron chi connectivity index (χ3n) is 3.54. The molecule has 1 aliphatic heterocycles. The Labute approximate surface area is 122 Å². The maximum absolute atomic E-state index is 12.1. The van der Waals surface area contributed by atoms with E-state index in [-0.39, 0.29) is 23.4 Å². The summed E-state index contributed by atoms with van der Waals surface area (Å²) >= 11 is 0. The number of aromatic hydroxyl groups is 1. The fourth-order valence-corrected chi connectivity index (χ4v) is 2.29. The molecule has 0 atom stereocenters. The molecule has 3 N–H and O–H groups in total. The number of hydrogen-bond donors (Lipinski definition) is 3. The van der Waals surface area contributed by atoms with Gasteiger partial charge in [-0.05, 0) is 25.0 Å². The molecule has 1 aromatic carbocycles. The molecule has 1 fully saturated rings. The third-order valence-corrected chi connectivity index (χ3v) is 3.54. The van der Waals surface area contributed by atoms with Crippen molar-refractivity contribution in [3.8, 4) is 5.75 Å². The maximum atomic E-state index is 12.1. The van der Waals surface area contributed by atoms with E-state index in [2.05, 4.69) is 5.32 Å². The number of likely N-dealkylation sites (tertiary alicyclic amines) is 1. The number of amides is 2. The normalized spacial score (nSPS) is 15.8. The van der Waals surface area contributed by atoms with Crippen molar-refractivity contribution in [2.45, 2.75) is 18.9 Å². The fraction of sp³-hybridized carbons (Fsp3) is 0.429. The van der Waals surface area contributed by atoms with E-state index in [9.17, 15) is 14.7 Å². The molecular weight excluding hydrogens is 276 g/mol. The highest BCUT2D eigenvalue weighted by Gasteiger charge is 2.22. The fourth-order valence-electron chi connectivity index (χ4n) is 2.29. The molecule has 21 heavy (non-hydrogen) atoms. The Morgan fingerprint density at radius 2 is 2.00 bits per heavy atom. The first-order valence-electron chi connectivity index (χ1n) is 6.66. The zero-order valence-electron chi connectivity index (χ0n) is 11.7. The summed E-state index contributed by atoms with van der Waals surface area (Å²) in [5, 5.41) is 21.1. The first kappa shape index (κ1) is 15.1. The zero-order valence-corrected chi connectivity index (χ0v) is 11.7. The predicted molar refractivity (Wildman–Crippen MR) is 75.7 cm³/mol. The highest BCUT2D eigenvalue weighted by molar-refractivity contribution is 5.94. The van der Waals surface area contributed by atoms with Crippen molar-refractivity contribution in [2.24, 2.45) is 0 Å². The van der Waals surface area contributed by atoms with Gasteiger partial charge in [0.05, 0.1) is 6.10 Å². The number of urea groups is 1. The lowest BCUT2D eigenvalue weighted by Gasteiger charge is -2.31. The number of benzene rings is 1. The molecule has 1 saturated heterocycles. The van der Waals surface area contributed by atoms with Gasteiger partial charge >= 0.3 is 12.0 Å². The predicted octanol–water partition coefficient (Wildman–Crippen LogP) is 1.73. The Kier molecular flexibility index (Phi) is 4.64. The summed E-state index contributed by atoms with van der Waals surface area (Å²) < 4.78 is 5.24. The quantitative estimate of drug-likeness (QED) is 0.788. The van der Waals surface area contributed by atoms with Gasteiger partial charge in [0.2, 0.25) is 0 Å². The van der Waals surface area contributed by atoms with Crippen molar-refractivity contribution in [3.05, 3.63) is 23.8 Å². The topological polar surface area (TPSA) is 99.1 Å². The van der Waals surface area contributed by atoms with E-state index in [0.29, 0.717) is 18.8 Å². The molecule has 1 aliphatic rings. The van der Waals surface area contributed by atoms with Crippen LogP contribution in [0.4, 0.5) is 10.5 Å². The van der Waals surface area contributed by atoms with Crippen molar-refractivity contribution >= 4 is 17.7 Å². The molecule has 0 saturated carbocycles. The minimum Gasteiger partial charge on any atom is -0.507 e. The Bertz CT molecular complexity index is 538. The second kappa shape index (κ2) is 6.45. The first-order valence-corrected chi connectivity index (χ1v) is 6.66. The Morgan fingerprint density at radius 3 is 2.52 bits per heavy atom. The van der Waals surface area contributed by atoms with Gasteiger partial charge in [-0.3, -0.25) is 0 Å². The van der Waals surface area contributed by atoms with Crippen molar-refractivity contribution in [3.63, 3.8) is 0 Å². The summed E-state index contributed by atoms with van der Waals surface area (Å²) in [6.45, 7) is 1.20. The molecule has 1 heterocycles. The summed E-state index contributed by atoms with van der Waals surface area (Å²) in [5.41, 5.74) is 0.158. The van der Waals surface area contributed by atoms with E-state index in [4.69, 9.17) is 9.84 Å². The van der Waals surface area contributed by atoms with E-state index in [1.54, 1.807) is 12.0 Å². The number of carbonyl (C=O) groups excluding carboxylic acids is 1. The number of carbonyl (C=O) groups is 2. The number of piperidine rings is 1. The van der Waals surface area contributed by atoms with Gasteiger partial charge in [0.25, 0.3) is 0 Å². The van der Waals surface area contributed by atoms with Crippen LogP contribution < -0.4 is 5.32 Å². The number of rotatable bonds is 3. The lowest BCUT2D eigenvalue weighted by atomic mass is 10.1. The van der Waals surface area contributed by atoms with Crippen LogP contribution in [0, 0.1) is 0 Å². The summed E-state index contributed by atoms with van der Waals surface area (Å²) in [5.74, 6) is -1.59. The number of phenols is 1. The smallest absolute Gasteiger partial charge is 0.339 e. The summed E-state index contributed by atoms with van der Waals surface area (Å²) in [6.07, 6.45) is 1.76. The second-order valence-corrected chi connectivity index (χ2v) is 4.89. The van der Waals surface area contributed by atoms with Gasteiger partial charge < -0.3 is 25.2 Å². The van der Waals surface area contributed by atoms with E-state index >= 15 is 0 Å². The SMILES string of the molecule is COC1CCN(C(=O)Nc2ccc(C(=O)O)c(O)c2)CC1. The van der Waals surface area contributed by atoms with Crippen LogP contribution in [-0.4, -0.2) is 53.4 Å². The molecule has 2 rings (SSSR count). The largest absolute Gasteiger partial charge is 0.507 e. The van der Waals surface area contributed by atoms with Crippen LogP contribution in [0.5, 0.6) is 5.75 Å². The van der Waals surface area contributed by atoms with Crippen LogP contribution in [0.1, 0.15) is 23.2 Å². The monoisotopic (exact) mass is 294 g/mol. The standard InChI is InChI=1S/C14H18N2O5/c1-21-10-4-6-16(7-5-10)14(20)15-9-2-3-11(13(18)19)12(17)8-9/h2-3,8,10,17H,4-7H2,1H3,(H,15,20)(H,18,19). The van der Waals surface area contributed by atoms with Crippen LogP contribution in [0.15, 0.2) is 18.2 Å². The van der Waals surface area contributed by atoms with Gasteiger partial charge in [-0.1, -0.05) is 0 Å². The minimum atomic E-state index is -1.22. The summed E-state index contributed by atoms with van der Waals surface area (Å²) in [4.78, 5) is 24.5. The second-order valence-electron chi connectivity index (χ2n) is 4.89. The average Bonchev–Trinajstić information content (AvgIpc) is 2.47. The molecule has 7 nitrogen and oxygen atoms in total. The number of methoxy groups -OCH3 is 1. The van der Waals surface area contributed by atoms with Crippen LogP contribution in [-0.2, 0) is 4.74 Å². The van der Waals surface area contributed by atoms with Gasteiger partial charge in [-0.15, -0.1) is 0 Å². The molecule has 0 bridgehead atoms. The van der Waals surface area contributed by atoms with Crippen molar-refractivity contribution in [1.82, 2.24) is 4.90 Å². The van der Waals surface area contributed by atoms with Crippen molar-refractivity contribution in [1.29, 1.82) is 0 Å². The van der Waals surface area contributed by atoms with E-state index in [0.717, 1.165) is 12.8 Å². The number of carboxylic acids is 1. The van der Waals surface area contributed by atoms with Crippen LogP contribution in [0.25, 0.3) is 0 Å². The van der Waals surface area contributed by atoms with Crippen molar-refractivity contribution < 1.29 is 24.5 Å². The number of carboxylic acid groups (broad SMARTS) is 1. The highest BCUT2D eigenvalue weighted by Crippen LogP contribution is 2.22. The lowest BCUT2D eigenvalue weighted by Crippen LogP contribution is -2.42. The van der Waals surface area contributed by atoms with E-state index in [1.165, 1.54) is 18.2 Å². The van der Waals surface area contributed by atoms with Crippen molar-refractivity contribution in [2.75, 3.05) is 25.5 Å². The maximum Gasteiger partial charge on any atom is 0.339 e. The number of nitrogens with zero attached hydrogens (tertiary/aromatic N) is 1. The molecule has 7 heteroatoms. The van der Waals surface area contributed by atoms with E-state index in [1.807, 2.05) is 0 Å². The Morgan fingerprint density at radius 1 is 1.33 bits per heavy atom. The number of ether oxygens (including phenoxy) is 1. The summed E-state index contributed by atoms with van der Waals surface area (Å²) in [7, 11) is 1.66. The van der Waals surface area contributed by atoms with Crippen LogP contribution in [0.2, 0.25) is 0 Å². The van der Waals surface area contributed by atoms with Gasteiger partial charge in [0, 0.05) is 32.0 Å². The van der Waals surface area contributed by atoms with E-state index < -0.39 is 5.97 Å². The Hall–Kier alpha value is -2.28. The first-order chi connectivity index (χ1) is 10.0. The highest BCUT2D eigenvalue weighted by atomic mass is 16.5. The molecule has 0 spiro atoms. The van der Waals surface area contributed by atoms with Crippen LogP contribution in [0.3, 0.4) is 0 Å². The van der Waals surface area contributed by atoms with Crippen LogP contribution >= 0.6 is 0 Å². The molecule has 0 aromatic heterocycles. The molecule has 0 radical (unpaired) electrons.